The van der Waals surface area contributed by atoms with Crippen LogP contribution in [-0.4, -0.2) is 0 Å². The van der Waals surface area contributed by atoms with E-state index >= 15 is 0 Å². The predicted molar refractivity (Wildman–Crippen MR) is 193 cm³/mol. The molecule has 0 fully saturated rings. The van der Waals surface area contributed by atoms with Crippen molar-refractivity contribution in [2.24, 2.45) is 0 Å². The summed E-state index contributed by atoms with van der Waals surface area (Å²) in [6, 6.07) is 59.4. The minimum atomic E-state index is -0.353. The third kappa shape index (κ3) is 2.97. The Morgan fingerprint density at radius 1 is 0.370 bits per heavy atom. The number of hydrogen-bond donors (Lipinski definition) is 0. The maximum Gasteiger partial charge on any atom is 0.0725 e. The van der Waals surface area contributed by atoms with Crippen molar-refractivity contribution >= 4 is 33.3 Å². The summed E-state index contributed by atoms with van der Waals surface area (Å²) in [5, 5.41) is 5.29. The van der Waals surface area contributed by atoms with E-state index in [4.69, 9.17) is 0 Å². The Balaban J connectivity index is 1.23. The number of benzene rings is 8. The molecule has 1 heterocycles. The van der Waals surface area contributed by atoms with Gasteiger partial charge in [-0.3, -0.25) is 0 Å². The van der Waals surface area contributed by atoms with Crippen LogP contribution in [0.15, 0.2) is 168 Å². The number of rotatable bonds is 1. The molecule has 8 aromatic rings. The van der Waals surface area contributed by atoms with E-state index in [1.807, 2.05) is 11.8 Å². The summed E-state index contributed by atoms with van der Waals surface area (Å²) in [4.78, 5) is 2.66. The van der Waals surface area contributed by atoms with Gasteiger partial charge in [0.25, 0.3) is 0 Å². The molecular formula is C45H26S. The molecule has 0 saturated carbocycles. The first-order valence-corrected chi connectivity index (χ1v) is 16.8. The zero-order valence-electron chi connectivity index (χ0n) is 24.9. The Morgan fingerprint density at radius 3 is 1.93 bits per heavy atom. The lowest BCUT2D eigenvalue weighted by molar-refractivity contribution is 0.794. The SMILES string of the molecule is c1ccc2c(c1)Sc1cccc3ccc(-c4ccc5c(c4)-c4ccccc4C54c5ccccc5-c5c4ccc4ccccc54)c-2c13. The molecule has 0 radical (unpaired) electrons. The van der Waals surface area contributed by atoms with E-state index < -0.39 is 0 Å². The summed E-state index contributed by atoms with van der Waals surface area (Å²) in [5.41, 5.74) is 15.8. The third-order valence-electron chi connectivity index (χ3n) is 10.7. The Hall–Kier alpha value is -5.37. The van der Waals surface area contributed by atoms with Crippen LogP contribution in [0.1, 0.15) is 22.3 Å². The second-order valence-electron chi connectivity index (χ2n) is 12.8. The fourth-order valence-corrected chi connectivity index (χ4v) is 10.0. The van der Waals surface area contributed by atoms with Gasteiger partial charge in [-0.05, 0) is 101 Å². The van der Waals surface area contributed by atoms with E-state index in [1.165, 1.54) is 98.1 Å². The van der Waals surface area contributed by atoms with E-state index in [0.29, 0.717) is 0 Å². The molecule has 0 nitrogen and oxygen atoms in total. The Kier molecular flexibility index (Phi) is 4.80. The molecule has 1 unspecified atom stereocenters. The van der Waals surface area contributed by atoms with Crippen molar-refractivity contribution in [1.82, 2.24) is 0 Å². The van der Waals surface area contributed by atoms with Gasteiger partial charge in [-0.2, -0.15) is 0 Å². The second kappa shape index (κ2) is 8.88. The van der Waals surface area contributed by atoms with Crippen LogP contribution in [0.2, 0.25) is 0 Å². The highest BCUT2D eigenvalue weighted by Gasteiger charge is 2.52. The lowest BCUT2D eigenvalue weighted by Crippen LogP contribution is -2.25. The molecule has 0 N–H and O–H groups in total. The lowest BCUT2D eigenvalue weighted by Gasteiger charge is -2.30. The second-order valence-corrected chi connectivity index (χ2v) is 13.8. The summed E-state index contributed by atoms with van der Waals surface area (Å²) in [6.45, 7) is 0. The van der Waals surface area contributed by atoms with Crippen LogP contribution in [0.4, 0.5) is 0 Å². The topological polar surface area (TPSA) is 0 Å². The van der Waals surface area contributed by atoms with Crippen molar-refractivity contribution in [3.8, 4) is 44.5 Å². The summed E-state index contributed by atoms with van der Waals surface area (Å²) in [6.07, 6.45) is 0. The van der Waals surface area contributed by atoms with Gasteiger partial charge >= 0.3 is 0 Å². The maximum atomic E-state index is 2.48. The third-order valence-corrected chi connectivity index (χ3v) is 11.8. The van der Waals surface area contributed by atoms with Crippen molar-refractivity contribution in [3.05, 3.63) is 180 Å². The maximum absolute atomic E-state index is 2.48. The van der Waals surface area contributed by atoms with E-state index in [1.54, 1.807) is 0 Å². The van der Waals surface area contributed by atoms with Gasteiger partial charge in [0.1, 0.15) is 0 Å². The molecule has 1 spiro atoms. The summed E-state index contributed by atoms with van der Waals surface area (Å²) in [7, 11) is 0. The predicted octanol–water partition coefficient (Wildman–Crippen LogP) is 12.1. The van der Waals surface area contributed by atoms with Gasteiger partial charge in [0.05, 0.1) is 5.41 Å². The zero-order valence-corrected chi connectivity index (χ0v) is 25.7. The Labute approximate surface area is 272 Å². The lowest BCUT2D eigenvalue weighted by atomic mass is 9.70. The molecule has 1 heteroatoms. The van der Waals surface area contributed by atoms with Gasteiger partial charge in [-0.25, -0.2) is 0 Å². The minimum absolute atomic E-state index is 0.353. The van der Waals surface area contributed by atoms with Crippen molar-refractivity contribution in [3.63, 3.8) is 0 Å². The molecule has 0 aromatic heterocycles. The van der Waals surface area contributed by atoms with Crippen LogP contribution >= 0.6 is 11.8 Å². The van der Waals surface area contributed by atoms with Gasteiger partial charge < -0.3 is 0 Å². The molecule has 0 amide bonds. The summed E-state index contributed by atoms with van der Waals surface area (Å²) < 4.78 is 0. The molecule has 8 aromatic carbocycles. The van der Waals surface area contributed by atoms with Crippen LogP contribution in [0.25, 0.3) is 66.1 Å². The number of fused-ring (bicyclic) bond motifs is 14. The van der Waals surface area contributed by atoms with Gasteiger partial charge in [-0.1, -0.05) is 151 Å². The van der Waals surface area contributed by atoms with Crippen molar-refractivity contribution in [2.75, 3.05) is 0 Å². The van der Waals surface area contributed by atoms with Gasteiger partial charge in [-0.15, -0.1) is 0 Å². The van der Waals surface area contributed by atoms with Crippen LogP contribution in [0.3, 0.4) is 0 Å². The molecular weight excluding hydrogens is 573 g/mol. The first kappa shape index (κ1) is 24.9. The van der Waals surface area contributed by atoms with Crippen LogP contribution in [0.5, 0.6) is 0 Å². The van der Waals surface area contributed by atoms with Gasteiger partial charge in [0.2, 0.25) is 0 Å². The number of hydrogen-bond acceptors (Lipinski definition) is 1. The van der Waals surface area contributed by atoms with E-state index in [9.17, 15) is 0 Å². The highest BCUT2D eigenvalue weighted by atomic mass is 32.2. The normalized spacial score (nSPS) is 16.3. The Bertz CT molecular complexity index is 2630. The molecule has 1 aliphatic heterocycles. The van der Waals surface area contributed by atoms with Crippen LogP contribution in [0, 0.1) is 0 Å². The summed E-state index contributed by atoms with van der Waals surface area (Å²) in [5.74, 6) is 0. The average molecular weight is 599 g/mol. The van der Waals surface area contributed by atoms with E-state index in [2.05, 4.69) is 158 Å². The molecule has 0 bridgehead atoms. The highest BCUT2D eigenvalue weighted by molar-refractivity contribution is 7.99. The van der Waals surface area contributed by atoms with Gasteiger partial charge in [0.15, 0.2) is 0 Å². The van der Waals surface area contributed by atoms with E-state index in [-0.39, 0.29) is 5.41 Å². The smallest absolute Gasteiger partial charge is 0.0725 e. The first-order chi connectivity index (χ1) is 22.8. The van der Waals surface area contributed by atoms with Crippen LogP contribution < -0.4 is 0 Å². The quantitative estimate of drug-likeness (QED) is 0.181. The van der Waals surface area contributed by atoms with Crippen molar-refractivity contribution in [2.45, 2.75) is 15.2 Å². The molecule has 11 rings (SSSR count). The fraction of sp³-hybridized carbons (Fsp3) is 0.0222. The Morgan fingerprint density at radius 2 is 1.02 bits per heavy atom. The monoisotopic (exact) mass is 598 g/mol. The minimum Gasteiger partial charge on any atom is -0.0888 e. The largest absolute Gasteiger partial charge is 0.0888 e. The molecule has 1 atom stereocenters. The van der Waals surface area contributed by atoms with Gasteiger partial charge in [0, 0.05) is 15.2 Å². The first-order valence-electron chi connectivity index (χ1n) is 16.0. The highest BCUT2D eigenvalue weighted by Crippen LogP contribution is 2.64. The molecule has 46 heavy (non-hydrogen) atoms. The van der Waals surface area contributed by atoms with Crippen LogP contribution in [-0.2, 0) is 5.41 Å². The van der Waals surface area contributed by atoms with E-state index in [0.717, 1.165) is 0 Å². The average Bonchev–Trinajstić information content (AvgIpc) is 3.59. The zero-order chi connectivity index (χ0) is 30.0. The molecule has 2 aliphatic carbocycles. The molecule has 3 aliphatic rings. The fourth-order valence-electron chi connectivity index (χ4n) is 8.91. The summed E-state index contributed by atoms with van der Waals surface area (Å²) >= 11 is 1.89. The van der Waals surface area contributed by atoms with Crippen molar-refractivity contribution < 1.29 is 0 Å². The standard InChI is InChI=1S/C45H26S/c1-2-12-30-27(10-1)21-25-39-43(30)33-14-4-7-17-37(33)45(39)36-16-6-3-13-32(36)35-26-29(22-24-38(35)45)31-23-20-28-11-9-19-41-42(28)44(31)34-15-5-8-18-40(34)46-41/h1-26H. The molecule has 212 valence electrons. The van der Waals surface area contributed by atoms with Crippen molar-refractivity contribution in [1.29, 1.82) is 0 Å². The molecule has 0 saturated heterocycles.